The summed E-state index contributed by atoms with van der Waals surface area (Å²) in [5.41, 5.74) is 6.59. The van der Waals surface area contributed by atoms with E-state index in [4.69, 9.17) is 15.2 Å². The maximum atomic E-state index is 6.29. The van der Waals surface area contributed by atoms with Gasteiger partial charge in [-0.1, -0.05) is 0 Å². The Morgan fingerprint density at radius 1 is 1.23 bits per heavy atom. The van der Waals surface area contributed by atoms with Crippen molar-refractivity contribution < 1.29 is 9.47 Å². The first-order valence-corrected chi connectivity index (χ1v) is 7.35. The fourth-order valence-corrected chi connectivity index (χ4v) is 3.06. The number of anilines is 2. The van der Waals surface area contributed by atoms with Crippen LogP contribution in [-0.4, -0.2) is 58.3 Å². The summed E-state index contributed by atoms with van der Waals surface area (Å²) < 4.78 is 13.1. The van der Waals surface area contributed by atoms with Crippen LogP contribution in [-0.2, 0) is 9.47 Å². The van der Waals surface area contributed by atoms with Crippen molar-refractivity contribution in [3.63, 3.8) is 0 Å². The molecule has 0 aliphatic carbocycles. The summed E-state index contributed by atoms with van der Waals surface area (Å²) in [5, 5.41) is 4.19. The van der Waals surface area contributed by atoms with Crippen LogP contribution in [0.5, 0.6) is 0 Å². The highest BCUT2D eigenvalue weighted by Crippen LogP contribution is 2.32. The Kier molecular flexibility index (Phi) is 3.20. The zero-order valence-corrected chi connectivity index (χ0v) is 12.2. The first-order chi connectivity index (χ1) is 10.8. The molecule has 0 radical (unpaired) electrons. The number of hydrogen-bond acceptors (Lipinski definition) is 7. The van der Waals surface area contributed by atoms with Gasteiger partial charge in [-0.2, -0.15) is 5.10 Å². The Morgan fingerprint density at radius 3 is 2.91 bits per heavy atom. The van der Waals surface area contributed by atoms with Crippen molar-refractivity contribution in [2.24, 2.45) is 0 Å². The van der Waals surface area contributed by atoms with Gasteiger partial charge in [-0.05, 0) is 6.07 Å². The molecule has 1 spiro atoms. The van der Waals surface area contributed by atoms with E-state index in [0.717, 1.165) is 31.9 Å². The fourth-order valence-electron chi connectivity index (χ4n) is 3.06. The molecule has 2 aliphatic rings. The first-order valence-electron chi connectivity index (χ1n) is 7.35. The van der Waals surface area contributed by atoms with Crippen molar-refractivity contribution in [2.45, 2.75) is 12.0 Å². The minimum atomic E-state index is -0.235. The van der Waals surface area contributed by atoms with Gasteiger partial charge in [-0.25, -0.2) is 14.6 Å². The van der Waals surface area contributed by atoms with Gasteiger partial charge in [-0.3, -0.25) is 0 Å². The lowest BCUT2D eigenvalue weighted by Gasteiger charge is -2.40. The number of rotatable bonds is 2. The molecule has 0 aromatic carbocycles. The van der Waals surface area contributed by atoms with Crippen LogP contribution in [0.2, 0.25) is 0 Å². The third-order valence-electron chi connectivity index (χ3n) is 4.18. The Bertz CT molecular complexity index is 653. The van der Waals surface area contributed by atoms with Crippen LogP contribution in [0, 0.1) is 0 Å². The second-order valence-corrected chi connectivity index (χ2v) is 5.64. The third kappa shape index (κ3) is 2.20. The smallest absolute Gasteiger partial charge is 0.181 e. The molecule has 0 bridgehead atoms. The lowest BCUT2D eigenvalue weighted by Crippen LogP contribution is -2.52. The van der Waals surface area contributed by atoms with E-state index in [0.29, 0.717) is 24.7 Å². The van der Waals surface area contributed by atoms with E-state index in [1.54, 1.807) is 10.9 Å². The molecule has 0 saturated carbocycles. The molecule has 22 heavy (non-hydrogen) atoms. The Labute approximate surface area is 127 Å². The number of hydrogen-bond donors (Lipinski definition) is 1. The van der Waals surface area contributed by atoms with Crippen LogP contribution in [0.25, 0.3) is 5.82 Å². The van der Waals surface area contributed by atoms with Crippen LogP contribution in [0.4, 0.5) is 11.5 Å². The summed E-state index contributed by atoms with van der Waals surface area (Å²) >= 11 is 0. The monoisotopic (exact) mass is 302 g/mol. The van der Waals surface area contributed by atoms with Crippen molar-refractivity contribution in [1.82, 2.24) is 19.7 Å². The summed E-state index contributed by atoms with van der Waals surface area (Å²) in [5.74, 6) is 1.33. The summed E-state index contributed by atoms with van der Waals surface area (Å²) in [7, 11) is 0. The van der Waals surface area contributed by atoms with E-state index >= 15 is 0 Å². The molecule has 2 saturated heterocycles. The molecule has 8 heteroatoms. The van der Waals surface area contributed by atoms with Crippen LogP contribution < -0.4 is 10.6 Å². The van der Waals surface area contributed by atoms with Gasteiger partial charge in [-0.15, -0.1) is 0 Å². The molecule has 1 atom stereocenters. The van der Waals surface area contributed by atoms with Crippen LogP contribution >= 0.6 is 0 Å². The lowest BCUT2D eigenvalue weighted by molar-refractivity contribution is -0.0580. The predicted molar refractivity (Wildman–Crippen MR) is 79.9 cm³/mol. The molecule has 2 fully saturated rings. The Hall–Kier alpha value is -2.19. The summed E-state index contributed by atoms with van der Waals surface area (Å²) in [6, 6.07) is 1.83. The minimum absolute atomic E-state index is 0.235. The Morgan fingerprint density at radius 2 is 2.14 bits per heavy atom. The van der Waals surface area contributed by atoms with Crippen LogP contribution in [0.15, 0.2) is 24.8 Å². The SMILES string of the molecule is Nc1c(N2CCOC3(CCOC3)C2)ncnc1-n1cccn1. The minimum Gasteiger partial charge on any atom is -0.393 e. The molecule has 4 rings (SSSR count). The van der Waals surface area contributed by atoms with Crippen LogP contribution in [0.3, 0.4) is 0 Å². The van der Waals surface area contributed by atoms with Gasteiger partial charge in [0.15, 0.2) is 11.6 Å². The van der Waals surface area contributed by atoms with Gasteiger partial charge in [0.1, 0.15) is 17.6 Å². The number of ether oxygens (including phenoxy) is 2. The Balaban J connectivity index is 1.66. The highest BCUT2D eigenvalue weighted by atomic mass is 16.6. The van der Waals surface area contributed by atoms with Gasteiger partial charge < -0.3 is 20.1 Å². The average molecular weight is 302 g/mol. The van der Waals surface area contributed by atoms with Crippen molar-refractivity contribution in [3.05, 3.63) is 24.8 Å². The summed E-state index contributed by atoms with van der Waals surface area (Å²) in [6.07, 6.45) is 5.94. The zero-order chi connectivity index (χ0) is 15.0. The highest BCUT2D eigenvalue weighted by Gasteiger charge is 2.41. The number of nitrogens with two attached hydrogens (primary N) is 1. The lowest BCUT2D eigenvalue weighted by atomic mass is 10.0. The number of morpholine rings is 1. The van der Waals surface area contributed by atoms with Gasteiger partial charge in [0.25, 0.3) is 0 Å². The fraction of sp³-hybridized carbons (Fsp3) is 0.500. The molecule has 116 valence electrons. The molecule has 2 N–H and O–H groups in total. The topological polar surface area (TPSA) is 91.3 Å². The van der Waals surface area contributed by atoms with E-state index in [-0.39, 0.29) is 5.60 Å². The second-order valence-electron chi connectivity index (χ2n) is 5.64. The average Bonchev–Trinajstić information content (AvgIpc) is 3.20. The summed E-state index contributed by atoms with van der Waals surface area (Å²) in [4.78, 5) is 10.8. The zero-order valence-electron chi connectivity index (χ0n) is 12.2. The predicted octanol–water partition coefficient (Wildman–Crippen LogP) is 0.240. The van der Waals surface area contributed by atoms with Crippen molar-refractivity contribution in [2.75, 3.05) is 43.5 Å². The van der Waals surface area contributed by atoms with E-state index in [1.807, 2.05) is 12.3 Å². The largest absolute Gasteiger partial charge is 0.393 e. The molecule has 4 heterocycles. The molecular formula is C14H18N6O2. The molecule has 2 aromatic rings. The molecule has 8 nitrogen and oxygen atoms in total. The van der Waals surface area contributed by atoms with Crippen molar-refractivity contribution in [1.29, 1.82) is 0 Å². The van der Waals surface area contributed by atoms with E-state index in [2.05, 4.69) is 20.0 Å². The number of aromatic nitrogens is 4. The van der Waals surface area contributed by atoms with E-state index < -0.39 is 0 Å². The quantitative estimate of drug-likeness (QED) is 0.849. The van der Waals surface area contributed by atoms with Gasteiger partial charge in [0, 0.05) is 32.0 Å². The van der Waals surface area contributed by atoms with Gasteiger partial charge in [0.2, 0.25) is 0 Å². The maximum absolute atomic E-state index is 6.29. The van der Waals surface area contributed by atoms with E-state index in [1.165, 1.54) is 6.33 Å². The maximum Gasteiger partial charge on any atom is 0.181 e. The number of nitrogen functional groups attached to an aromatic ring is 1. The first kappa shape index (κ1) is 13.5. The van der Waals surface area contributed by atoms with Crippen LogP contribution in [0.1, 0.15) is 6.42 Å². The normalized spacial score (nSPS) is 25.0. The third-order valence-corrected chi connectivity index (χ3v) is 4.18. The number of nitrogens with zero attached hydrogens (tertiary/aromatic N) is 5. The molecule has 1 unspecified atom stereocenters. The van der Waals surface area contributed by atoms with Gasteiger partial charge >= 0.3 is 0 Å². The molecule has 2 aromatic heterocycles. The highest BCUT2D eigenvalue weighted by molar-refractivity contribution is 5.70. The molecule has 2 aliphatic heterocycles. The standard InChI is InChI=1S/C14H18N6O2/c15-11-12(16-10-17-13(11)20-4-1-3-18-20)19-5-7-22-14(8-19)2-6-21-9-14/h1,3-4,10H,2,5-9,15H2. The molecule has 0 amide bonds. The van der Waals surface area contributed by atoms with E-state index in [9.17, 15) is 0 Å². The van der Waals surface area contributed by atoms with Gasteiger partial charge in [0.05, 0.1) is 19.8 Å². The second kappa shape index (κ2) is 5.22. The van der Waals surface area contributed by atoms with Crippen molar-refractivity contribution in [3.8, 4) is 5.82 Å². The van der Waals surface area contributed by atoms with Crippen molar-refractivity contribution >= 4 is 11.5 Å². The molecular weight excluding hydrogens is 284 g/mol. The summed E-state index contributed by atoms with van der Waals surface area (Å²) in [6.45, 7) is 3.49.